The number of nitrogens with zero attached hydrogens (tertiary/aromatic N) is 2. The van der Waals surface area contributed by atoms with Crippen molar-refractivity contribution >= 4 is 17.9 Å². The van der Waals surface area contributed by atoms with E-state index >= 15 is 0 Å². The van der Waals surface area contributed by atoms with Crippen LogP contribution in [0, 0.1) is 5.82 Å². The van der Waals surface area contributed by atoms with Gasteiger partial charge in [0, 0.05) is 24.0 Å². The van der Waals surface area contributed by atoms with Crippen LogP contribution in [0.1, 0.15) is 5.56 Å². The molecule has 3 rings (SSSR count). The van der Waals surface area contributed by atoms with Crippen molar-refractivity contribution in [2.24, 2.45) is 0 Å². The number of carbonyl (C=O) groups is 1. The predicted molar refractivity (Wildman–Crippen MR) is 91.5 cm³/mol. The van der Waals surface area contributed by atoms with Gasteiger partial charge in [-0.3, -0.25) is 10.1 Å². The van der Waals surface area contributed by atoms with Crippen molar-refractivity contribution in [2.45, 2.75) is 0 Å². The molecule has 0 spiro atoms. The van der Waals surface area contributed by atoms with E-state index in [0.29, 0.717) is 0 Å². The molecule has 0 bridgehead atoms. The van der Waals surface area contributed by atoms with Gasteiger partial charge in [0.1, 0.15) is 5.82 Å². The zero-order valence-corrected chi connectivity index (χ0v) is 12.7. The van der Waals surface area contributed by atoms with Crippen LogP contribution in [-0.4, -0.2) is 15.9 Å². The maximum absolute atomic E-state index is 12.9. The second kappa shape index (κ2) is 7.28. The Morgan fingerprint density at radius 3 is 2.25 bits per heavy atom. The molecule has 1 aromatic heterocycles. The smallest absolute Gasteiger partial charge is 0.250 e. The van der Waals surface area contributed by atoms with E-state index in [1.807, 2.05) is 30.3 Å². The molecule has 24 heavy (non-hydrogen) atoms. The van der Waals surface area contributed by atoms with Crippen molar-refractivity contribution in [2.75, 3.05) is 5.32 Å². The summed E-state index contributed by atoms with van der Waals surface area (Å²) in [5.74, 6) is -0.397. The van der Waals surface area contributed by atoms with Crippen LogP contribution in [0.4, 0.5) is 10.3 Å². The summed E-state index contributed by atoms with van der Waals surface area (Å²) in [4.78, 5) is 20.1. The molecule has 4 nitrogen and oxygen atoms in total. The molecule has 0 saturated heterocycles. The second-order valence-electron chi connectivity index (χ2n) is 5.04. The Morgan fingerprint density at radius 2 is 1.58 bits per heavy atom. The summed E-state index contributed by atoms with van der Waals surface area (Å²) >= 11 is 0. The molecule has 3 aromatic rings. The van der Waals surface area contributed by atoms with E-state index in [-0.39, 0.29) is 17.7 Å². The van der Waals surface area contributed by atoms with E-state index < -0.39 is 0 Å². The van der Waals surface area contributed by atoms with Crippen molar-refractivity contribution in [1.82, 2.24) is 9.97 Å². The van der Waals surface area contributed by atoms with E-state index in [1.54, 1.807) is 30.6 Å². The van der Waals surface area contributed by atoms with Crippen LogP contribution in [-0.2, 0) is 4.79 Å². The lowest BCUT2D eigenvalue weighted by Crippen LogP contribution is -2.10. The number of amides is 1. The fraction of sp³-hybridized carbons (Fsp3) is 0. The molecule has 1 heterocycles. The van der Waals surface area contributed by atoms with Gasteiger partial charge in [-0.15, -0.1) is 0 Å². The summed E-state index contributed by atoms with van der Waals surface area (Å²) < 4.78 is 12.9. The molecular weight excluding hydrogens is 305 g/mol. The number of anilines is 1. The molecular formula is C19H14FN3O. The van der Waals surface area contributed by atoms with Gasteiger partial charge in [0.2, 0.25) is 5.95 Å². The van der Waals surface area contributed by atoms with Crippen LogP contribution in [0.15, 0.2) is 73.1 Å². The molecule has 1 amide bonds. The maximum Gasteiger partial charge on any atom is 0.250 e. The first-order valence-corrected chi connectivity index (χ1v) is 7.33. The minimum atomic E-state index is -0.312. The highest BCUT2D eigenvalue weighted by Crippen LogP contribution is 2.18. The molecule has 0 aliphatic rings. The molecule has 0 fully saturated rings. The van der Waals surface area contributed by atoms with Gasteiger partial charge >= 0.3 is 0 Å². The Kier molecular flexibility index (Phi) is 4.72. The van der Waals surface area contributed by atoms with Crippen LogP contribution in [0.3, 0.4) is 0 Å². The van der Waals surface area contributed by atoms with Crippen molar-refractivity contribution in [3.8, 4) is 11.1 Å². The molecule has 2 aromatic carbocycles. The number of rotatable bonds is 4. The minimum absolute atomic E-state index is 0.212. The fourth-order valence-electron chi connectivity index (χ4n) is 2.07. The highest BCUT2D eigenvalue weighted by Gasteiger charge is 2.03. The van der Waals surface area contributed by atoms with Crippen molar-refractivity contribution in [1.29, 1.82) is 0 Å². The number of hydrogen-bond acceptors (Lipinski definition) is 3. The Labute approximate surface area is 138 Å². The Morgan fingerprint density at radius 1 is 0.917 bits per heavy atom. The third-order valence-electron chi connectivity index (χ3n) is 3.29. The summed E-state index contributed by atoms with van der Waals surface area (Å²) in [6, 6.07) is 15.6. The van der Waals surface area contributed by atoms with Crippen LogP contribution in [0.25, 0.3) is 17.2 Å². The van der Waals surface area contributed by atoms with Crippen molar-refractivity contribution in [3.05, 3.63) is 84.4 Å². The average Bonchev–Trinajstić information content (AvgIpc) is 2.62. The lowest BCUT2D eigenvalue weighted by molar-refractivity contribution is -0.111. The first-order chi connectivity index (χ1) is 11.7. The third kappa shape index (κ3) is 4.10. The van der Waals surface area contributed by atoms with E-state index in [2.05, 4.69) is 15.3 Å². The van der Waals surface area contributed by atoms with Gasteiger partial charge < -0.3 is 0 Å². The number of halogens is 1. The van der Waals surface area contributed by atoms with Crippen LogP contribution in [0.2, 0.25) is 0 Å². The van der Waals surface area contributed by atoms with Crippen molar-refractivity contribution < 1.29 is 9.18 Å². The average molecular weight is 319 g/mol. The lowest BCUT2D eigenvalue weighted by Gasteiger charge is -2.03. The molecule has 0 atom stereocenters. The van der Waals surface area contributed by atoms with Gasteiger partial charge in [-0.25, -0.2) is 14.4 Å². The first-order valence-electron chi connectivity index (χ1n) is 7.33. The minimum Gasteiger partial charge on any atom is -0.291 e. The van der Waals surface area contributed by atoms with E-state index in [4.69, 9.17) is 0 Å². The number of aromatic nitrogens is 2. The van der Waals surface area contributed by atoms with E-state index in [0.717, 1.165) is 16.7 Å². The number of carbonyl (C=O) groups excluding carboxylic acids is 1. The summed E-state index contributed by atoms with van der Waals surface area (Å²) in [7, 11) is 0. The van der Waals surface area contributed by atoms with E-state index in [1.165, 1.54) is 18.2 Å². The van der Waals surface area contributed by atoms with Crippen molar-refractivity contribution in [3.63, 3.8) is 0 Å². The summed E-state index contributed by atoms with van der Waals surface area (Å²) in [5.41, 5.74) is 2.48. The summed E-state index contributed by atoms with van der Waals surface area (Å²) in [5, 5.41) is 2.59. The highest BCUT2D eigenvalue weighted by molar-refractivity contribution is 6.00. The second-order valence-corrected chi connectivity index (χ2v) is 5.04. The van der Waals surface area contributed by atoms with Gasteiger partial charge in [0.05, 0.1) is 0 Å². The van der Waals surface area contributed by atoms with Gasteiger partial charge in [0.15, 0.2) is 0 Å². The number of nitrogens with one attached hydrogen (secondary N) is 1. The summed E-state index contributed by atoms with van der Waals surface area (Å²) in [6.07, 6.45) is 6.29. The van der Waals surface area contributed by atoms with E-state index in [9.17, 15) is 9.18 Å². The predicted octanol–water partition coefficient (Wildman–Crippen LogP) is 3.93. The topological polar surface area (TPSA) is 54.9 Å². The van der Waals surface area contributed by atoms with Gasteiger partial charge in [-0.05, 0) is 29.3 Å². The zero-order chi connectivity index (χ0) is 16.8. The molecule has 0 saturated carbocycles. The zero-order valence-electron chi connectivity index (χ0n) is 12.7. The number of hydrogen-bond donors (Lipinski definition) is 1. The fourth-order valence-corrected chi connectivity index (χ4v) is 2.07. The maximum atomic E-state index is 12.9. The number of benzene rings is 2. The molecule has 5 heteroatoms. The molecule has 0 aliphatic heterocycles. The third-order valence-corrected chi connectivity index (χ3v) is 3.29. The lowest BCUT2D eigenvalue weighted by atomic mass is 10.1. The molecule has 0 aliphatic carbocycles. The SMILES string of the molecule is O=C(C=Cc1ccccc1)Nc1ncc(-c2ccc(F)cc2)cn1. The Hall–Kier alpha value is -3.34. The Bertz CT molecular complexity index is 844. The molecule has 118 valence electrons. The van der Waals surface area contributed by atoms with Crippen LogP contribution in [0.5, 0.6) is 0 Å². The molecule has 1 N–H and O–H groups in total. The normalized spacial score (nSPS) is 10.7. The quantitative estimate of drug-likeness (QED) is 0.741. The molecule has 0 unspecified atom stereocenters. The monoisotopic (exact) mass is 319 g/mol. The van der Waals surface area contributed by atoms with Crippen LogP contribution < -0.4 is 5.32 Å². The largest absolute Gasteiger partial charge is 0.291 e. The molecule has 0 radical (unpaired) electrons. The van der Waals surface area contributed by atoms with Crippen LogP contribution >= 0.6 is 0 Å². The summed E-state index contributed by atoms with van der Waals surface area (Å²) in [6.45, 7) is 0. The first kappa shape index (κ1) is 15.6. The van der Waals surface area contributed by atoms with Gasteiger partial charge in [-0.1, -0.05) is 42.5 Å². The highest BCUT2D eigenvalue weighted by atomic mass is 19.1. The van der Waals surface area contributed by atoms with Gasteiger partial charge in [-0.2, -0.15) is 0 Å². The Balaban J connectivity index is 1.64. The van der Waals surface area contributed by atoms with Gasteiger partial charge in [0.25, 0.3) is 5.91 Å². The standard InChI is InChI=1S/C19H14FN3O/c20-17-9-7-15(8-10-17)16-12-21-19(22-13-16)23-18(24)11-6-14-4-2-1-3-5-14/h1-13H,(H,21,22,23,24).